The normalized spacial score (nSPS) is 22.6. The SMILES string of the molecule is C=C(C)OC(=O)N1CCCC(C)C1. The first kappa shape index (κ1) is 10.1. The van der Waals surface area contributed by atoms with Crippen molar-refractivity contribution in [2.45, 2.75) is 26.7 Å². The van der Waals surface area contributed by atoms with Crippen molar-refractivity contribution in [1.29, 1.82) is 0 Å². The molecule has 0 aromatic rings. The molecular weight excluding hydrogens is 166 g/mol. The number of hydrogen-bond acceptors (Lipinski definition) is 2. The van der Waals surface area contributed by atoms with Gasteiger partial charge in [0.2, 0.25) is 0 Å². The second-order valence-corrected chi connectivity index (χ2v) is 3.76. The average Bonchev–Trinajstić information content (AvgIpc) is 2.03. The molecule has 1 rings (SSSR count). The molecule has 1 aliphatic heterocycles. The third-order valence-corrected chi connectivity index (χ3v) is 2.18. The minimum Gasteiger partial charge on any atom is -0.416 e. The zero-order valence-corrected chi connectivity index (χ0v) is 8.38. The number of carbonyl (C=O) groups is 1. The first-order valence-electron chi connectivity index (χ1n) is 4.72. The van der Waals surface area contributed by atoms with Crippen molar-refractivity contribution >= 4 is 6.09 Å². The third kappa shape index (κ3) is 3.09. The Morgan fingerprint density at radius 2 is 2.31 bits per heavy atom. The summed E-state index contributed by atoms with van der Waals surface area (Å²) in [6.45, 7) is 9.01. The standard InChI is InChI=1S/C10H17NO2/c1-8(2)13-10(12)11-6-4-5-9(3)7-11/h9H,1,4-7H2,2-3H3. The quantitative estimate of drug-likeness (QED) is 0.584. The molecule has 1 aliphatic rings. The van der Waals surface area contributed by atoms with E-state index in [1.807, 2.05) is 0 Å². The highest BCUT2D eigenvalue weighted by atomic mass is 16.6. The number of piperidine rings is 1. The van der Waals surface area contributed by atoms with Gasteiger partial charge in [-0.2, -0.15) is 0 Å². The van der Waals surface area contributed by atoms with E-state index in [4.69, 9.17) is 4.74 Å². The topological polar surface area (TPSA) is 29.5 Å². The minimum atomic E-state index is -0.251. The zero-order valence-electron chi connectivity index (χ0n) is 8.38. The fourth-order valence-corrected chi connectivity index (χ4v) is 1.57. The molecule has 0 aromatic carbocycles. The van der Waals surface area contributed by atoms with E-state index in [2.05, 4.69) is 13.5 Å². The Bertz CT molecular complexity index is 213. The van der Waals surface area contributed by atoms with E-state index in [1.54, 1.807) is 11.8 Å². The molecular formula is C10H17NO2. The van der Waals surface area contributed by atoms with E-state index < -0.39 is 0 Å². The lowest BCUT2D eigenvalue weighted by molar-refractivity contribution is 0.109. The molecule has 3 heteroatoms. The molecule has 3 nitrogen and oxygen atoms in total. The maximum Gasteiger partial charge on any atom is 0.414 e. The lowest BCUT2D eigenvalue weighted by atomic mass is 10.0. The highest BCUT2D eigenvalue weighted by molar-refractivity contribution is 5.68. The molecule has 0 bridgehead atoms. The van der Waals surface area contributed by atoms with E-state index in [9.17, 15) is 4.79 Å². The van der Waals surface area contributed by atoms with E-state index in [0.717, 1.165) is 19.5 Å². The van der Waals surface area contributed by atoms with Crippen LogP contribution >= 0.6 is 0 Å². The van der Waals surface area contributed by atoms with Gasteiger partial charge in [-0.1, -0.05) is 13.5 Å². The molecule has 1 saturated heterocycles. The van der Waals surface area contributed by atoms with Crippen LogP contribution in [0.2, 0.25) is 0 Å². The molecule has 74 valence electrons. The predicted octanol–water partition coefficient (Wildman–Crippen LogP) is 2.39. The Kier molecular flexibility index (Phi) is 3.34. The smallest absolute Gasteiger partial charge is 0.414 e. The van der Waals surface area contributed by atoms with Gasteiger partial charge in [0.1, 0.15) is 0 Å². The number of rotatable bonds is 1. The Morgan fingerprint density at radius 3 is 2.85 bits per heavy atom. The minimum absolute atomic E-state index is 0.251. The second-order valence-electron chi connectivity index (χ2n) is 3.76. The van der Waals surface area contributed by atoms with Crippen LogP contribution in [0.5, 0.6) is 0 Å². The van der Waals surface area contributed by atoms with Gasteiger partial charge >= 0.3 is 6.09 Å². The van der Waals surface area contributed by atoms with Crippen molar-refractivity contribution in [3.05, 3.63) is 12.3 Å². The van der Waals surface area contributed by atoms with Gasteiger partial charge in [-0.25, -0.2) is 4.79 Å². The fraction of sp³-hybridized carbons (Fsp3) is 0.700. The average molecular weight is 183 g/mol. The summed E-state index contributed by atoms with van der Waals surface area (Å²) in [7, 11) is 0. The van der Waals surface area contributed by atoms with Gasteiger partial charge in [-0.15, -0.1) is 0 Å². The van der Waals surface area contributed by atoms with Crippen LogP contribution in [-0.4, -0.2) is 24.1 Å². The first-order chi connectivity index (χ1) is 6.09. The van der Waals surface area contributed by atoms with Crippen molar-refractivity contribution in [2.24, 2.45) is 5.92 Å². The molecule has 1 fully saturated rings. The summed E-state index contributed by atoms with van der Waals surface area (Å²) < 4.78 is 4.93. The van der Waals surface area contributed by atoms with Crippen LogP contribution in [0.4, 0.5) is 4.79 Å². The van der Waals surface area contributed by atoms with Crippen LogP contribution in [-0.2, 0) is 4.74 Å². The number of carbonyl (C=O) groups excluding carboxylic acids is 1. The summed E-state index contributed by atoms with van der Waals surface area (Å²) >= 11 is 0. The summed E-state index contributed by atoms with van der Waals surface area (Å²) in [5.41, 5.74) is 0. The molecule has 1 heterocycles. The van der Waals surface area contributed by atoms with Gasteiger partial charge in [-0.3, -0.25) is 0 Å². The van der Waals surface area contributed by atoms with Gasteiger partial charge < -0.3 is 9.64 Å². The van der Waals surface area contributed by atoms with Crippen LogP contribution in [0.25, 0.3) is 0 Å². The van der Waals surface area contributed by atoms with Gasteiger partial charge in [0.05, 0.1) is 5.76 Å². The number of allylic oxidation sites excluding steroid dienone is 1. The predicted molar refractivity (Wildman–Crippen MR) is 51.3 cm³/mol. The van der Waals surface area contributed by atoms with Gasteiger partial charge in [0.15, 0.2) is 0 Å². The molecule has 0 spiro atoms. The largest absolute Gasteiger partial charge is 0.416 e. The Hall–Kier alpha value is -0.990. The van der Waals surface area contributed by atoms with Crippen molar-refractivity contribution in [1.82, 2.24) is 4.90 Å². The highest BCUT2D eigenvalue weighted by Gasteiger charge is 2.21. The summed E-state index contributed by atoms with van der Waals surface area (Å²) in [6, 6.07) is 0. The maximum atomic E-state index is 11.4. The highest BCUT2D eigenvalue weighted by Crippen LogP contribution is 2.16. The van der Waals surface area contributed by atoms with Crippen LogP contribution in [0.3, 0.4) is 0 Å². The fourth-order valence-electron chi connectivity index (χ4n) is 1.57. The zero-order chi connectivity index (χ0) is 9.84. The Labute approximate surface area is 79.4 Å². The number of likely N-dealkylation sites (tertiary alicyclic amines) is 1. The van der Waals surface area contributed by atoms with E-state index >= 15 is 0 Å². The molecule has 13 heavy (non-hydrogen) atoms. The second kappa shape index (κ2) is 4.30. The van der Waals surface area contributed by atoms with Gasteiger partial charge in [0, 0.05) is 13.1 Å². The van der Waals surface area contributed by atoms with Crippen LogP contribution in [0.1, 0.15) is 26.7 Å². The number of amides is 1. The molecule has 1 amide bonds. The molecule has 0 aliphatic carbocycles. The van der Waals surface area contributed by atoms with Crippen LogP contribution in [0, 0.1) is 5.92 Å². The van der Waals surface area contributed by atoms with E-state index in [1.165, 1.54) is 6.42 Å². The summed E-state index contributed by atoms with van der Waals surface area (Å²) in [4.78, 5) is 13.1. The van der Waals surface area contributed by atoms with E-state index in [-0.39, 0.29) is 6.09 Å². The van der Waals surface area contributed by atoms with Crippen molar-refractivity contribution in [2.75, 3.05) is 13.1 Å². The lowest BCUT2D eigenvalue weighted by Gasteiger charge is -2.29. The van der Waals surface area contributed by atoms with Crippen LogP contribution in [0.15, 0.2) is 12.3 Å². The number of ether oxygens (including phenoxy) is 1. The summed E-state index contributed by atoms with van der Waals surface area (Å²) in [5, 5.41) is 0. The monoisotopic (exact) mass is 183 g/mol. The Balaban J connectivity index is 2.41. The number of hydrogen-bond donors (Lipinski definition) is 0. The van der Waals surface area contributed by atoms with Crippen molar-refractivity contribution in [3.8, 4) is 0 Å². The molecule has 0 saturated carbocycles. The summed E-state index contributed by atoms with van der Waals surface area (Å²) in [6.07, 6.45) is 2.03. The van der Waals surface area contributed by atoms with Gasteiger partial charge in [-0.05, 0) is 25.7 Å². The van der Waals surface area contributed by atoms with E-state index in [0.29, 0.717) is 11.7 Å². The molecule has 0 radical (unpaired) electrons. The Morgan fingerprint density at radius 1 is 1.62 bits per heavy atom. The summed E-state index contributed by atoms with van der Waals surface area (Å²) in [5.74, 6) is 1.05. The molecule has 0 N–H and O–H groups in total. The molecule has 1 unspecified atom stereocenters. The molecule has 1 atom stereocenters. The molecule has 0 aromatic heterocycles. The van der Waals surface area contributed by atoms with Crippen LogP contribution < -0.4 is 0 Å². The van der Waals surface area contributed by atoms with Crippen molar-refractivity contribution in [3.63, 3.8) is 0 Å². The van der Waals surface area contributed by atoms with Gasteiger partial charge in [0.25, 0.3) is 0 Å². The first-order valence-corrected chi connectivity index (χ1v) is 4.72. The lowest BCUT2D eigenvalue weighted by Crippen LogP contribution is -2.39. The van der Waals surface area contributed by atoms with Crippen molar-refractivity contribution < 1.29 is 9.53 Å². The third-order valence-electron chi connectivity index (χ3n) is 2.18. The maximum absolute atomic E-state index is 11.4. The number of nitrogens with zero attached hydrogens (tertiary/aromatic N) is 1.